The van der Waals surface area contributed by atoms with Crippen LogP contribution >= 0.6 is 0 Å². The van der Waals surface area contributed by atoms with Crippen molar-refractivity contribution in [3.8, 4) is 17.2 Å². The number of nitriles is 1. The van der Waals surface area contributed by atoms with E-state index in [0.29, 0.717) is 0 Å². The SMILES string of the molecule is CC.CC1=CCNC=C1c1ccc(CC2CNCCO2)cc1-c1ccc(C#N)c(F)c1. The van der Waals surface area contributed by atoms with Gasteiger partial charge >= 0.3 is 0 Å². The first-order chi connectivity index (χ1) is 15.2. The summed E-state index contributed by atoms with van der Waals surface area (Å²) in [6.07, 6.45) is 5.10. The van der Waals surface area contributed by atoms with Gasteiger partial charge in [-0.25, -0.2) is 4.39 Å². The van der Waals surface area contributed by atoms with Crippen LogP contribution < -0.4 is 10.6 Å². The average molecular weight is 420 g/mol. The number of morpholine rings is 1. The molecule has 5 heteroatoms. The molecule has 0 radical (unpaired) electrons. The Labute approximate surface area is 184 Å². The van der Waals surface area contributed by atoms with Crippen molar-refractivity contribution in [1.29, 1.82) is 5.26 Å². The predicted octanol–water partition coefficient (Wildman–Crippen LogP) is 4.81. The van der Waals surface area contributed by atoms with E-state index in [0.717, 1.165) is 60.5 Å². The Morgan fingerprint density at radius 2 is 2.00 bits per heavy atom. The van der Waals surface area contributed by atoms with Gasteiger partial charge in [-0.15, -0.1) is 0 Å². The number of hydrogen-bond donors (Lipinski definition) is 2. The largest absolute Gasteiger partial charge is 0.387 e. The molecule has 162 valence electrons. The lowest BCUT2D eigenvalue weighted by Gasteiger charge is -2.24. The van der Waals surface area contributed by atoms with Crippen molar-refractivity contribution < 1.29 is 9.13 Å². The van der Waals surface area contributed by atoms with Crippen LogP contribution in [0.5, 0.6) is 0 Å². The minimum atomic E-state index is -0.496. The number of dihydropyridines is 1. The summed E-state index contributed by atoms with van der Waals surface area (Å²) in [6, 6.07) is 13.1. The highest BCUT2D eigenvalue weighted by atomic mass is 19.1. The summed E-state index contributed by atoms with van der Waals surface area (Å²) >= 11 is 0. The number of allylic oxidation sites excluding steroid dienone is 2. The fourth-order valence-electron chi connectivity index (χ4n) is 3.87. The summed E-state index contributed by atoms with van der Waals surface area (Å²) in [5.41, 5.74) is 6.25. The first-order valence-electron chi connectivity index (χ1n) is 10.9. The third-order valence-electron chi connectivity index (χ3n) is 5.44. The standard InChI is InChI=1S/C24H24FN3O.C2H6/c1-16-6-7-27-15-23(16)21-5-2-17(10-20-14-28-8-9-29-20)11-22(21)18-3-4-19(13-26)24(25)12-18;1-2/h2-6,11-12,15,20,27-28H,7-10,14H2,1H3;1-2H3. The molecule has 0 aliphatic carbocycles. The van der Waals surface area contributed by atoms with Gasteiger partial charge in [0.2, 0.25) is 0 Å². The molecule has 0 bridgehead atoms. The molecule has 4 nitrogen and oxygen atoms in total. The van der Waals surface area contributed by atoms with Crippen molar-refractivity contribution in [3.63, 3.8) is 0 Å². The fourth-order valence-corrected chi connectivity index (χ4v) is 3.87. The van der Waals surface area contributed by atoms with E-state index < -0.39 is 5.82 Å². The van der Waals surface area contributed by atoms with Gasteiger partial charge in [-0.3, -0.25) is 0 Å². The summed E-state index contributed by atoms with van der Waals surface area (Å²) in [4.78, 5) is 0. The lowest BCUT2D eigenvalue weighted by molar-refractivity contribution is 0.0292. The number of rotatable bonds is 4. The molecule has 2 aliphatic rings. The van der Waals surface area contributed by atoms with Crippen molar-refractivity contribution >= 4 is 5.57 Å². The van der Waals surface area contributed by atoms with Crippen LogP contribution in [-0.4, -0.2) is 32.3 Å². The Hall–Kier alpha value is -2.94. The predicted molar refractivity (Wildman–Crippen MR) is 124 cm³/mol. The molecule has 1 atom stereocenters. The van der Waals surface area contributed by atoms with Crippen LogP contribution in [0.2, 0.25) is 0 Å². The molecule has 0 spiro atoms. The van der Waals surface area contributed by atoms with E-state index in [9.17, 15) is 4.39 Å². The number of hydrogen-bond acceptors (Lipinski definition) is 4. The zero-order valence-electron chi connectivity index (χ0n) is 18.5. The molecule has 1 saturated heterocycles. The Morgan fingerprint density at radius 3 is 2.68 bits per heavy atom. The van der Waals surface area contributed by atoms with Gasteiger partial charge in [-0.1, -0.05) is 44.2 Å². The van der Waals surface area contributed by atoms with E-state index in [1.165, 1.54) is 11.6 Å². The molecule has 0 aromatic heterocycles. The van der Waals surface area contributed by atoms with Gasteiger partial charge < -0.3 is 15.4 Å². The number of nitrogens with zero attached hydrogens (tertiary/aromatic N) is 1. The summed E-state index contributed by atoms with van der Waals surface area (Å²) in [5.74, 6) is -0.496. The third-order valence-corrected chi connectivity index (χ3v) is 5.44. The first-order valence-corrected chi connectivity index (χ1v) is 10.9. The maximum atomic E-state index is 14.4. The van der Waals surface area contributed by atoms with Crippen LogP contribution in [-0.2, 0) is 11.2 Å². The molecule has 2 heterocycles. The molecule has 2 aliphatic heterocycles. The number of ether oxygens (including phenoxy) is 1. The van der Waals surface area contributed by atoms with Crippen LogP contribution in [0.25, 0.3) is 16.7 Å². The van der Waals surface area contributed by atoms with E-state index in [4.69, 9.17) is 10.00 Å². The van der Waals surface area contributed by atoms with E-state index in [-0.39, 0.29) is 11.7 Å². The Morgan fingerprint density at radius 1 is 1.16 bits per heavy atom. The van der Waals surface area contributed by atoms with Gasteiger partial charge in [0.05, 0.1) is 18.3 Å². The maximum absolute atomic E-state index is 14.4. The van der Waals surface area contributed by atoms with Crippen molar-refractivity contribution in [3.05, 3.63) is 76.8 Å². The molecular weight excluding hydrogens is 389 g/mol. The molecule has 1 unspecified atom stereocenters. The Bertz CT molecular complexity index is 1010. The second-order valence-electron chi connectivity index (χ2n) is 7.44. The number of benzene rings is 2. The van der Waals surface area contributed by atoms with Crippen LogP contribution in [0.1, 0.15) is 37.5 Å². The molecule has 31 heavy (non-hydrogen) atoms. The summed E-state index contributed by atoms with van der Waals surface area (Å²) in [6.45, 7) is 9.34. The minimum absolute atomic E-state index is 0.0581. The normalized spacial score (nSPS) is 18.0. The second-order valence-corrected chi connectivity index (χ2v) is 7.44. The fraction of sp³-hybridized carbons (Fsp3) is 0.346. The first kappa shape index (κ1) is 22.7. The zero-order valence-corrected chi connectivity index (χ0v) is 18.5. The summed E-state index contributed by atoms with van der Waals surface area (Å²) in [5, 5.41) is 15.7. The minimum Gasteiger partial charge on any atom is -0.387 e. The van der Waals surface area contributed by atoms with Crippen LogP contribution in [0.15, 0.2) is 54.2 Å². The quantitative estimate of drug-likeness (QED) is 0.747. The van der Waals surface area contributed by atoms with Gasteiger partial charge in [0, 0.05) is 31.4 Å². The second kappa shape index (κ2) is 10.9. The van der Waals surface area contributed by atoms with Gasteiger partial charge in [0.25, 0.3) is 0 Å². The summed E-state index contributed by atoms with van der Waals surface area (Å²) < 4.78 is 20.2. The molecule has 0 saturated carbocycles. The van der Waals surface area contributed by atoms with E-state index in [1.807, 2.05) is 32.2 Å². The molecule has 1 fully saturated rings. The lowest BCUT2D eigenvalue weighted by Crippen LogP contribution is -2.39. The van der Waals surface area contributed by atoms with E-state index in [1.54, 1.807) is 6.07 Å². The lowest BCUT2D eigenvalue weighted by atomic mass is 9.88. The van der Waals surface area contributed by atoms with Gasteiger partial charge in [-0.2, -0.15) is 5.26 Å². The van der Waals surface area contributed by atoms with Crippen molar-refractivity contribution in [1.82, 2.24) is 10.6 Å². The van der Waals surface area contributed by atoms with Crippen LogP contribution in [0, 0.1) is 17.1 Å². The molecule has 2 aromatic carbocycles. The van der Waals surface area contributed by atoms with E-state index in [2.05, 4.69) is 41.8 Å². The zero-order chi connectivity index (χ0) is 22.2. The average Bonchev–Trinajstić information content (AvgIpc) is 2.81. The third kappa shape index (κ3) is 5.41. The smallest absolute Gasteiger partial charge is 0.141 e. The molecule has 4 rings (SSSR count). The Kier molecular flexibility index (Phi) is 8.00. The molecule has 0 amide bonds. The highest BCUT2D eigenvalue weighted by Crippen LogP contribution is 2.35. The van der Waals surface area contributed by atoms with Crippen molar-refractivity contribution in [2.75, 3.05) is 26.2 Å². The van der Waals surface area contributed by atoms with Crippen LogP contribution in [0.4, 0.5) is 4.39 Å². The van der Waals surface area contributed by atoms with Crippen molar-refractivity contribution in [2.45, 2.75) is 33.3 Å². The Balaban J connectivity index is 0.00000132. The van der Waals surface area contributed by atoms with E-state index >= 15 is 0 Å². The number of nitrogens with one attached hydrogen (secondary N) is 2. The monoisotopic (exact) mass is 419 g/mol. The van der Waals surface area contributed by atoms with Gasteiger partial charge in [0.1, 0.15) is 11.9 Å². The molecule has 2 N–H and O–H groups in total. The van der Waals surface area contributed by atoms with Gasteiger partial charge in [0.15, 0.2) is 0 Å². The topological polar surface area (TPSA) is 57.1 Å². The van der Waals surface area contributed by atoms with Crippen LogP contribution in [0.3, 0.4) is 0 Å². The highest BCUT2D eigenvalue weighted by molar-refractivity contribution is 5.88. The molecule has 2 aromatic rings. The van der Waals surface area contributed by atoms with Crippen molar-refractivity contribution in [2.24, 2.45) is 0 Å². The highest BCUT2D eigenvalue weighted by Gasteiger charge is 2.18. The molecular formula is C26H30FN3O. The number of halogens is 1. The maximum Gasteiger partial charge on any atom is 0.141 e. The van der Waals surface area contributed by atoms with Gasteiger partial charge in [-0.05, 0) is 53.3 Å². The summed E-state index contributed by atoms with van der Waals surface area (Å²) in [7, 11) is 0.